The Morgan fingerprint density at radius 1 is 1.17 bits per heavy atom. The number of nitrogens with one attached hydrogen (secondary N) is 1. The fraction of sp³-hybridized carbons (Fsp3) is 0.214. The first-order chi connectivity index (χ1) is 19.2. The number of aryl methyl sites for hydroxylation is 2. The van der Waals surface area contributed by atoms with Gasteiger partial charge in [0.2, 0.25) is 11.6 Å². The lowest BCUT2D eigenvalue weighted by molar-refractivity contribution is -0.137. The molecule has 2 heterocycles. The summed E-state index contributed by atoms with van der Waals surface area (Å²) >= 11 is 0. The van der Waals surface area contributed by atoms with E-state index in [9.17, 15) is 27.0 Å². The van der Waals surface area contributed by atoms with Gasteiger partial charge in [-0.2, -0.15) is 18.4 Å². The number of alkyl halides is 3. The summed E-state index contributed by atoms with van der Waals surface area (Å²) in [5, 5.41) is 15.3. The van der Waals surface area contributed by atoms with Crippen molar-refractivity contribution in [2.24, 2.45) is 4.36 Å². The summed E-state index contributed by atoms with van der Waals surface area (Å²) in [6.45, 7) is 4.85. The number of carbonyl (C=O) groups excluding carboxylic acids is 1. The van der Waals surface area contributed by atoms with Crippen LogP contribution in [0.2, 0.25) is 0 Å². The number of hydrogen-bond donors (Lipinski definition) is 1. The van der Waals surface area contributed by atoms with Crippen molar-refractivity contribution in [1.29, 1.82) is 5.26 Å². The number of rotatable bonds is 6. The maximum Gasteiger partial charge on any atom is 0.416 e. The number of carbonyl (C=O) groups is 1. The van der Waals surface area contributed by atoms with Crippen molar-refractivity contribution in [3.8, 4) is 23.0 Å². The number of halogens is 3. The lowest BCUT2D eigenvalue weighted by Gasteiger charge is -2.18. The number of nitriles is 1. The van der Waals surface area contributed by atoms with Gasteiger partial charge in [-0.3, -0.25) is 9.59 Å². The van der Waals surface area contributed by atoms with E-state index < -0.39 is 32.8 Å². The Bertz CT molecular complexity index is 1860. The highest BCUT2D eigenvalue weighted by molar-refractivity contribution is 7.93. The number of hydrogen-bond acceptors (Lipinski definition) is 7. The Morgan fingerprint density at radius 2 is 1.85 bits per heavy atom. The van der Waals surface area contributed by atoms with E-state index >= 15 is 0 Å². The summed E-state index contributed by atoms with van der Waals surface area (Å²) < 4.78 is 63.1. The van der Waals surface area contributed by atoms with Gasteiger partial charge in [0.25, 0.3) is 5.91 Å². The standard InChI is InChI=1S/C28H24F3N5O4S/c1-16-25(18(3)40-35-16)36-14-23(26(37)24(17(36)2)20-6-5-7-21(12-20)28(29,30)31)27(38)33-13-19-8-10-22(11-9-19)41(4,39)34-15-32/h5-12,14H,13H2,1-4H3,(H,33,38). The first kappa shape index (κ1) is 29.3. The molecule has 4 rings (SSSR count). The minimum atomic E-state index is -4.64. The quantitative estimate of drug-likeness (QED) is 0.307. The molecule has 9 nitrogen and oxygen atoms in total. The van der Waals surface area contributed by atoms with Crippen molar-refractivity contribution in [2.45, 2.75) is 38.4 Å². The molecule has 1 amide bonds. The topological polar surface area (TPSA) is 130 Å². The van der Waals surface area contributed by atoms with Gasteiger partial charge < -0.3 is 14.4 Å². The average Bonchev–Trinajstić information content (AvgIpc) is 3.25. The number of aromatic nitrogens is 2. The lowest BCUT2D eigenvalue weighted by Crippen LogP contribution is -2.31. The van der Waals surface area contributed by atoms with Gasteiger partial charge in [0.05, 0.1) is 15.3 Å². The van der Waals surface area contributed by atoms with E-state index in [0.29, 0.717) is 33.3 Å². The van der Waals surface area contributed by atoms with Gasteiger partial charge in [0, 0.05) is 35.2 Å². The van der Waals surface area contributed by atoms with Crippen molar-refractivity contribution in [1.82, 2.24) is 15.0 Å². The SMILES string of the molecule is Cc1noc(C)c1-n1cc(C(=O)NCc2ccc(S(C)(=O)=NC#N)cc2)c(=O)c(-c2cccc(C(F)(F)F)c2)c1C. The fourth-order valence-corrected chi connectivity index (χ4v) is 5.28. The fourth-order valence-electron chi connectivity index (χ4n) is 4.38. The van der Waals surface area contributed by atoms with Crippen molar-refractivity contribution < 1.29 is 26.7 Å². The van der Waals surface area contributed by atoms with Crippen LogP contribution in [0, 0.1) is 32.2 Å². The van der Waals surface area contributed by atoms with Gasteiger partial charge in [-0.15, -0.1) is 4.36 Å². The van der Waals surface area contributed by atoms with Crippen molar-refractivity contribution in [2.75, 3.05) is 6.26 Å². The summed E-state index contributed by atoms with van der Waals surface area (Å²) in [4.78, 5) is 27.3. The molecule has 212 valence electrons. The average molecular weight is 584 g/mol. The molecule has 13 heteroatoms. The molecule has 0 aliphatic carbocycles. The molecule has 0 bridgehead atoms. The summed E-state index contributed by atoms with van der Waals surface area (Å²) in [6, 6.07) is 10.6. The molecule has 0 fully saturated rings. The normalized spacial score (nSPS) is 12.8. The van der Waals surface area contributed by atoms with Crippen LogP contribution in [-0.2, 0) is 22.5 Å². The third-order valence-corrected chi connectivity index (χ3v) is 8.02. The zero-order valence-electron chi connectivity index (χ0n) is 22.4. The summed E-state index contributed by atoms with van der Waals surface area (Å²) in [6.07, 6.45) is -0.459. The Labute approximate surface area is 233 Å². The number of amides is 1. The van der Waals surface area contributed by atoms with Crippen LogP contribution < -0.4 is 10.7 Å². The third kappa shape index (κ3) is 5.92. The van der Waals surface area contributed by atoms with Crippen molar-refractivity contribution >= 4 is 15.6 Å². The molecule has 1 unspecified atom stereocenters. The minimum absolute atomic E-state index is 0.000908. The number of pyridine rings is 1. The number of nitrogens with zero attached hydrogens (tertiary/aromatic N) is 4. The van der Waals surface area contributed by atoms with Gasteiger partial charge in [0.1, 0.15) is 16.9 Å². The highest BCUT2D eigenvalue weighted by Crippen LogP contribution is 2.33. The molecule has 2 aromatic heterocycles. The van der Waals surface area contributed by atoms with E-state index in [-0.39, 0.29) is 23.2 Å². The Balaban J connectivity index is 1.78. The monoisotopic (exact) mass is 583 g/mol. The van der Waals surface area contributed by atoms with Gasteiger partial charge in [-0.05, 0) is 56.2 Å². The van der Waals surface area contributed by atoms with E-state index in [0.717, 1.165) is 12.1 Å². The van der Waals surface area contributed by atoms with Crippen LogP contribution in [0.4, 0.5) is 13.2 Å². The van der Waals surface area contributed by atoms with E-state index in [1.807, 2.05) is 0 Å². The predicted octanol–water partition coefficient (Wildman–Crippen LogP) is 5.30. The highest BCUT2D eigenvalue weighted by atomic mass is 32.2. The molecule has 0 saturated carbocycles. The van der Waals surface area contributed by atoms with E-state index in [1.54, 1.807) is 32.9 Å². The third-order valence-electron chi connectivity index (χ3n) is 6.44. The van der Waals surface area contributed by atoms with E-state index in [4.69, 9.17) is 9.78 Å². The van der Waals surface area contributed by atoms with Crippen LogP contribution >= 0.6 is 0 Å². The molecule has 2 aromatic carbocycles. The highest BCUT2D eigenvalue weighted by Gasteiger charge is 2.31. The van der Waals surface area contributed by atoms with Crippen LogP contribution in [0.3, 0.4) is 0 Å². The Hall–Kier alpha value is -4.70. The predicted molar refractivity (Wildman–Crippen MR) is 145 cm³/mol. The molecule has 41 heavy (non-hydrogen) atoms. The maximum atomic E-state index is 13.6. The van der Waals surface area contributed by atoms with Crippen LogP contribution in [-0.4, -0.2) is 26.1 Å². The smallest absolute Gasteiger partial charge is 0.359 e. The molecule has 0 spiro atoms. The van der Waals surface area contributed by atoms with E-state index in [1.165, 1.54) is 47.5 Å². The largest absolute Gasteiger partial charge is 0.416 e. The first-order valence-electron chi connectivity index (χ1n) is 12.1. The minimum Gasteiger partial charge on any atom is -0.359 e. The summed E-state index contributed by atoms with van der Waals surface area (Å²) in [7, 11) is -2.89. The van der Waals surface area contributed by atoms with Crippen molar-refractivity contribution in [3.63, 3.8) is 0 Å². The molecule has 0 saturated heterocycles. The maximum absolute atomic E-state index is 13.6. The second kappa shape index (κ2) is 11.1. The van der Waals surface area contributed by atoms with Crippen LogP contribution in [0.25, 0.3) is 16.8 Å². The summed E-state index contributed by atoms with van der Waals surface area (Å²) in [5.41, 5.74) is -0.267. The molecule has 0 aliphatic rings. The van der Waals surface area contributed by atoms with Crippen molar-refractivity contribution in [3.05, 3.63) is 98.8 Å². The zero-order chi connectivity index (χ0) is 30.1. The first-order valence-corrected chi connectivity index (χ1v) is 14.0. The molecule has 0 radical (unpaired) electrons. The Kier molecular flexibility index (Phi) is 7.89. The molecule has 1 N–H and O–H groups in total. The molecule has 4 aromatic rings. The second-order valence-electron chi connectivity index (χ2n) is 9.27. The van der Waals surface area contributed by atoms with Gasteiger partial charge >= 0.3 is 6.18 Å². The van der Waals surface area contributed by atoms with Crippen LogP contribution in [0.1, 0.15) is 38.6 Å². The second-order valence-corrected chi connectivity index (χ2v) is 11.5. The van der Waals surface area contributed by atoms with E-state index in [2.05, 4.69) is 14.8 Å². The Morgan fingerprint density at radius 3 is 2.44 bits per heavy atom. The number of benzene rings is 2. The van der Waals surface area contributed by atoms with Gasteiger partial charge in [0.15, 0.2) is 5.76 Å². The zero-order valence-corrected chi connectivity index (χ0v) is 23.2. The van der Waals surface area contributed by atoms with Gasteiger partial charge in [-0.1, -0.05) is 29.4 Å². The lowest BCUT2D eigenvalue weighted by atomic mass is 9.98. The molecule has 0 aliphatic heterocycles. The molecular weight excluding hydrogens is 559 g/mol. The van der Waals surface area contributed by atoms with Crippen LogP contribution in [0.5, 0.6) is 0 Å². The van der Waals surface area contributed by atoms with Gasteiger partial charge in [-0.25, -0.2) is 4.21 Å². The van der Waals surface area contributed by atoms with Crippen LogP contribution in [0.15, 0.2) is 73.3 Å². The molecular formula is C28H24F3N5O4S. The summed E-state index contributed by atoms with van der Waals surface area (Å²) in [5.74, 6) is -0.377. The molecule has 1 atom stereocenters.